The van der Waals surface area contributed by atoms with Gasteiger partial charge in [-0.3, -0.25) is 0 Å². The van der Waals surface area contributed by atoms with E-state index in [2.05, 4.69) is 55.5 Å². The van der Waals surface area contributed by atoms with E-state index in [-0.39, 0.29) is 5.38 Å². The van der Waals surface area contributed by atoms with Crippen LogP contribution in [0.3, 0.4) is 0 Å². The predicted octanol–water partition coefficient (Wildman–Crippen LogP) is 5.33. The van der Waals surface area contributed by atoms with Crippen molar-refractivity contribution in [1.82, 2.24) is 0 Å². The fraction of sp³-hybridized carbons (Fsp3) is 0.368. The molecule has 0 saturated carbocycles. The highest BCUT2D eigenvalue weighted by molar-refractivity contribution is 6.21. The van der Waals surface area contributed by atoms with Crippen molar-refractivity contribution in [3.8, 4) is 0 Å². The van der Waals surface area contributed by atoms with Gasteiger partial charge in [-0.05, 0) is 53.9 Å². The van der Waals surface area contributed by atoms with E-state index in [1.54, 1.807) is 0 Å². The maximum atomic E-state index is 6.75. The van der Waals surface area contributed by atoms with E-state index in [0.717, 1.165) is 19.3 Å². The van der Waals surface area contributed by atoms with Gasteiger partial charge in [-0.1, -0.05) is 55.5 Å². The number of aryl methyl sites for hydroxylation is 2. The minimum absolute atomic E-state index is 0.134. The summed E-state index contributed by atoms with van der Waals surface area (Å²) in [4.78, 5) is 0. The molecule has 0 heterocycles. The Morgan fingerprint density at radius 2 is 1.75 bits per heavy atom. The fourth-order valence-electron chi connectivity index (χ4n) is 3.19. The molecule has 0 radical (unpaired) electrons. The van der Waals surface area contributed by atoms with E-state index in [9.17, 15) is 0 Å². The molecule has 0 aliphatic heterocycles. The Hall–Kier alpha value is -1.27. The molecular formula is C19H21Cl. The summed E-state index contributed by atoms with van der Waals surface area (Å²) >= 11 is 6.75. The standard InChI is InChI=1S/C19H21Cl/c1-2-14-7-9-16(10-8-14)19(20)18-12-11-15-5-3-4-6-17(15)13-18/h3-10,18-19H,2,11-13H2,1H3. The van der Waals surface area contributed by atoms with E-state index in [1.165, 1.54) is 28.7 Å². The fourth-order valence-corrected chi connectivity index (χ4v) is 3.55. The maximum Gasteiger partial charge on any atom is 0.0616 e. The number of fused-ring (bicyclic) bond motifs is 1. The molecule has 3 rings (SSSR count). The van der Waals surface area contributed by atoms with Gasteiger partial charge in [-0.2, -0.15) is 0 Å². The zero-order valence-corrected chi connectivity index (χ0v) is 12.7. The first-order valence-electron chi connectivity index (χ1n) is 7.57. The Labute approximate surface area is 126 Å². The molecule has 20 heavy (non-hydrogen) atoms. The maximum absolute atomic E-state index is 6.75. The van der Waals surface area contributed by atoms with Crippen LogP contribution in [0, 0.1) is 5.92 Å². The van der Waals surface area contributed by atoms with Crippen molar-refractivity contribution < 1.29 is 0 Å². The second-order valence-electron chi connectivity index (χ2n) is 5.77. The molecule has 1 heteroatoms. The first-order chi connectivity index (χ1) is 9.78. The Morgan fingerprint density at radius 3 is 2.45 bits per heavy atom. The Morgan fingerprint density at radius 1 is 1.05 bits per heavy atom. The van der Waals surface area contributed by atoms with Crippen LogP contribution in [0.5, 0.6) is 0 Å². The summed E-state index contributed by atoms with van der Waals surface area (Å²) in [6.45, 7) is 2.19. The van der Waals surface area contributed by atoms with Gasteiger partial charge in [0.1, 0.15) is 0 Å². The van der Waals surface area contributed by atoms with Crippen LogP contribution < -0.4 is 0 Å². The van der Waals surface area contributed by atoms with Crippen molar-refractivity contribution in [2.75, 3.05) is 0 Å². The van der Waals surface area contributed by atoms with Crippen LogP contribution in [-0.2, 0) is 19.3 Å². The number of rotatable bonds is 3. The van der Waals surface area contributed by atoms with Crippen LogP contribution in [0.4, 0.5) is 0 Å². The van der Waals surface area contributed by atoms with Gasteiger partial charge >= 0.3 is 0 Å². The zero-order valence-electron chi connectivity index (χ0n) is 12.0. The molecule has 0 aromatic heterocycles. The largest absolute Gasteiger partial charge is 0.118 e. The number of alkyl halides is 1. The number of hydrogen-bond donors (Lipinski definition) is 0. The molecule has 2 unspecified atom stereocenters. The Balaban J connectivity index is 1.76. The first kappa shape index (κ1) is 13.7. The summed E-state index contributed by atoms with van der Waals surface area (Å²) in [5, 5.41) is 0.134. The lowest BCUT2D eigenvalue weighted by molar-refractivity contribution is 0.443. The van der Waals surface area contributed by atoms with Crippen molar-refractivity contribution in [1.29, 1.82) is 0 Å². The normalized spacial score (nSPS) is 19.4. The van der Waals surface area contributed by atoms with E-state index < -0.39 is 0 Å². The highest BCUT2D eigenvalue weighted by Crippen LogP contribution is 2.38. The van der Waals surface area contributed by atoms with Gasteiger partial charge in [0.2, 0.25) is 0 Å². The van der Waals surface area contributed by atoms with Crippen molar-refractivity contribution in [3.63, 3.8) is 0 Å². The summed E-state index contributed by atoms with van der Waals surface area (Å²) in [6, 6.07) is 17.6. The molecule has 2 aromatic rings. The van der Waals surface area contributed by atoms with Gasteiger partial charge < -0.3 is 0 Å². The molecule has 0 bridgehead atoms. The summed E-state index contributed by atoms with van der Waals surface area (Å²) in [6.07, 6.45) is 4.56. The first-order valence-corrected chi connectivity index (χ1v) is 8.01. The van der Waals surface area contributed by atoms with Crippen LogP contribution in [-0.4, -0.2) is 0 Å². The van der Waals surface area contributed by atoms with Crippen LogP contribution in [0.1, 0.15) is 41.0 Å². The smallest absolute Gasteiger partial charge is 0.0616 e. The van der Waals surface area contributed by atoms with Crippen molar-refractivity contribution in [3.05, 3.63) is 70.8 Å². The summed E-state index contributed by atoms with van der Waals surface area (Å²) in [5.41, 5.74) is 5.65. The monoisotopic (exact) mass is 284 g/mol. The second kappa shape index (κ2) is 6.01. The van der Waals surface area contributed by atoms with Gasteiger partial charge in [0.05, 0.1) is 5.38 Å². The van der Waals surface area contributed by atoms with Crippen molar-refractivity contribution in [2.45, 2.75) is 38.0 Å². The molecule has 1 aliphatic rings. The number of halogens is 1. The van der Waals surface area contributed by atoms with Gasteiger partial charge in [0.25, 0.3) is 0 Å². The van der Waals surface area contributed by atoms with Gasteiger partial charge in [0, 0.05) is 0 Å². The third-order valence-electron chi connectivity index (χ3n) is 4.51. The van der Waals surface area contributed by atoms with Gasteiger partial charge in [-0.15, -0.1) is 11.6 Å². The lowest BCUT2D eigenvalue weighted by atomic mass is 9.80. The van der Waals surface area contributed by atoms with Crippen LogP contribution in [0.2, 0.25) is 0 Å². The molecule has 0 amide bonds. The summed E-state index contributed by atoms with van der Waals surface area (Å²) in [7, 11) is 0. The van der Waals surface area contributed by atoms with Gasteiger partial charge in [-0.25, -0.2) is 0 Å². The number of benzene rings is 2. The average molecular weight is 285 g/mol. The van der Waals surface area contributed by atoms with E-state index in [4.69, 9.17) is 11.6 Å². The molecule has 2 aromatic carbocycles. The van der Waals surface area contributed by atoms with Crippen molar-refractivity contribution in [2.24, 2.45) is 5.92 Å². The average Bonchev–Trinajstić information content (AvgIpc) is 2.54. The SMILES string of the molecule is CCc1ccc(C(Cl)C2CCc3ccccc3C2)cc1. The molecule has 104 valence electrons. The van der Waals surface area contributed by atoms with Crippen molar-refractivity contribution >= 4 is 11.6 Å². The van der Waals surface area contributed by atoms with E-state index in [0.29, 0.717) is 5.92 Å². The minimum atomic E-state index is 0.134. The zero-order chi connectivity index (χ0) is 13.9. The van der Waals surface area contributed by atoms with E-state index >= 15 is 0 Å². The predicted molar refractivity (Wildman–Crippen MR) is 86.4 cm³/mol. The molecular weight excluding hydrogens is 264 g/mol. The third-order valence-corrected chi connectivity index (χ3v) is 5.11. The molecule has 0 saturated heterocycles. The van der Waals surface area contributed by atoms with Crippen LogP contribution in [0.25, 0.3) is 0 Å². The van der Waals surface area contributed by atoms with Crippen LogP contribution >= 0.6 is 11.6 Å². The molecule has 0 N–H and O–H groups in total. The molecule has 1 aliphatic carbocycles. The lowest BCUT2D eigenvalue weighted by Gasteiger charge is -2.28. The third kappa shape index (κ3) is 2.76. The highest BCUT2D eigenvalue weighted by Gasteiger charge is 2.25. The molecule has 0 nitrogen and oxygen atoms in total. The summed E-state index contributed by atoms with van der Waals surface area (Å²) in [5.74, 6) is 0.555. The number of hydrogen-bond acceptors (Lipinski definition) is 0. The van der Waals surface area contributed by atoms with E-state index in [1.807, 2.05) is 0 Å². The molecule has 0 spiro atoms. The second-order valence-corrected chi connectivity index (χ2v) is 6.24. The minimum Gasteiger partial charge on any atom is -0.118 e. The molecule has 0 fully saturated rings. The molecule has 2 atom stereocenters. The lowest BCUT2D eigenvalue weighted by Crippen LogP contribution is -2.18. The summed E-state index contributed by atoms with van der Waals surface area (Å²) < 4.78 is 0. The Bertz CT molecular complexity index is 571. The topological polar surface area (TPSA) is 0 Å². The van der Waals surface area contributed by atoms with Crippen LogP contribution in [0.15, 0.2) is 48.5 Å². The quantitative estimate of drug-likeness (QED) is 0.668. The van der Waals surface area contributed by atoms with Gasteiger partial charge in [0.15, 0.2) is 0 Å². The Kier molecular flexibility index (Phi) is 4.12. The highest BCUT2D eigenvalue weighted by atomic mass is 35.5.